The third-order valence-corrected chi connectivity index (χ3v) is 6.16. The van der Waals surface area contributed by atoms with E-state index in [-0.39, 0.29) is 5.56 Å². The van der Waals surface area contributed by atoms with Gasteiger partial charge in [0.2, 0.25) is 11.8 Å². The Kier molecular flexibility index (Phi) is 5.51. The first kappa shape index (κ1) is 20.5. The van der Waals surface area contributed by atoms with Gasteiger partial charge in [-0.1, -0.05) is 53.7 Å². The molecule has 0 spiro atoms. The Balaban J connectivity index is 1.52. The number of hydrogen-bond donors (Lipinski definition) is 0. The van der Waals surface area contributed by atoms with Gasteiger partial charge in [0.05, 0.1) is 22.3 Å². The molecule has 0 saturated carbocycles. The first-order valence-corrected chi connectivity index (χ1v) is 11.3. The lowest BCUT2D eigenvalue weighted by molar-refractivity contribution is 0.528. The summed E-state index contributed by atoms with van der Waals surface area (Å²) in [6.45, 7) is 1.97. The summed E-state index contributed by atoms with van der Waals surface area (Å²) in [5.41, 5.74) is 3.11. The van der Waals surface area contributed by atoms with Gasteiger partial charge in [0.25, 0.3) is 5.56 Å². The minimum Gasteiger partial charge on any atom is -0.420 e. The zero-order valence-electron chi connectivity index (χ0n) is 17.0. The summed E-state index contributed by atoms with van der Waals surface area (Å²) in [4.78, 5) is 18.1. The van der Waals surface area contributed by atoms with Crippen LogP contribution >= 0.6 is 23.4 Å². The molecule has 0 aliphatic carbocycles. The highest BCUT2D eigenvalue weighted by molar-refractivity contribution is 7.98. The van der Waals surface area contributed by atoms with E-state index in [1.54, 1.807) is 22.8 Å². The van der Waals surface area contributed by atoms with Crippen molar-refractivity contribution in [3.8, 4) is 17.1 Å². The summed E-state index contributed by atoms with van der Waals surface area (Å²) in [6, 6.07) is 22.3. The second-order valence-electron chi connectivity index (χ2n) is 7.14. The van der Waals surface area contributed by atoms with Crippen molar-refractivity contribution in [2.45, 2.75) is 17.8 Å². The molecule has 0 fully saturated rings. The third kappa shape index (κ3) is 3.92. The minimum atomic E-state index is -0.111. The second-order valence-corrected chi connectivity index (χ2v) is 8.51. The zero-order valence-corrected chi connectivity index (χ0v) is 18.6. The van der Waals surface area contributed by atoms with Gasteiger partial charge in [-0.25, -0.2) is 4.98 Å². The van der Waals surface area contributed by atoms with Crippen molar-refractivity contribution in [2.75, 3.05) is 0 Å². The molecule has 2 aromatic heterocycles. The molecule has 158 valence electrons. The van der Waals surface area contributed by atoms with Crippen LogP contribution in [0.5, 0.6) is 0 Å². The average molecular weight is 461 g/mol. The molecular weight excluding hydrogens is 444 g/mol. The van der Waals surface area contributed by atoms with Crippen LogP contribution in [0.15, 0.2) is 87.2 Å². The highest BCUT2D eigenvalue weighted by atomic mass is 35.5. The number of halogens is 1. The van der Waals surface area contributed by atoms with Crippen molar-refractivity contribution in [2.24, 2.45) is 0 Å². The number of para-hydroxylation sites is 2. The predicted molar refractivity (Wildman–Crippen MR) is 126 cm³/mol. The summed E-state index contributed by atoms with van der Waals surface area (Å²) in [6.07, 6.45) is 0. The first-order chi connectivity index (χ1) is 15.6. The molecule has 8 heteroatoms. The number of nitrogens with zero attached hydrogens (tertiary/aromatic N) is 4. The van der Waals surface area contributed by atoms with Crippen LogP contribution in [0, 0.1) is 6.92 Å². The molecule has 5 aromatic rings. The lowest BCUT2D eigenvalue weighted by atomic mass is 10.2. The fourth-order valence-corrected chi connectivity index (χ4v) is 4.35. The Labute approximate surface area is 192 Å². The van der Waals surface area contributed by atoms with E-state index in [1.807, 2.05) is 61.5 Å². The van der Waals surface area contributed by atoms with Gasteiger partial charge in [0.1, 0.15) is 0 Å². The van der Waals surface area contributed by atoms with Gasteiger partial charge in [-0.2, -0.15) is 0 Å². The molecule has 0 aliphatic heterocycles. The van der Waals surface area contributed by atoms with Gasteiger partial charge < -0.3 is 4.42 Å². The first-order valence-electron chi connectivity index (χ1n) is 9.89. The molecule has 32 heavy (non-hydrogen) atoms. The predicted octanol–water partition coefficient (Wildman–Crippen LogP) is 5.69. The third-order valence-electron chi connectivity index (χ3n) is 4.98. The van der Waals surface area contributed by atoms with Crippen molar-refractivity contribution in [3.05, 3.63) is 99.6 Å². The fraction of sp³-hybridized carbons (Fsp3) is 0.0833. The number of thioether (sulfide) groups is 1. The molecule has 3 aromatic carbocycles. The van der Waals surface area contributed by atoms with E-state index in [1.165, 1.54) is 11.8 Å². The molecule has 0 N–H and O–H groups in total. The summed E-state index contributed by atoms with van der Waals surface area (Å²) >= 11 is 7.33. The van der Waals surface area contributed by atoms with Crippen LogP contribution in [-0.4, -0.2) is 19.7 Å². The van der Waals surface area contributed by atoms with E-state index in [4.69, 9.17) is 21.0 Å². The Bertz CT molecular complexity index is 1480. The normalized spacial score (nSPS) is 11.2. The Morgan fingerprint density at radius 2 is 1.72 bits per heavy atom. The highest BCUT2D eigenvalue weighted by Gasteiger charge is 2.16. The van der Waals surface area contributed by atoms with E-state index in [0.717, 1.165) is 16.8 Å². The molecule has 0 unspecified atom stereocenters. The van der Waals surface area contributed by atoms with E-state index >= 15 is 0 Å². The average Bonchev–Trinajstić information content (AvgIpc) is 3.28. The Morgan fingerprint density at radius 1 is 0.969 bits per heavy atom. The van der Waals surface area contributed by atoms with Crippen molar-refractivity contribution < 1.29 is 4.42 Å². The maximum atomic E-state index is 13.4. The van der Waals surface area contributed by atoms with Gasteiger partial charge in [-0.3, -0.25) is 9.36 Å². The van der Waals surface area contributed by atoms with Crippen molar-refractivity contribution in [1.29, 1.82) is 0 Å². The fourth-order valence-electron chi connectivity index (χ4n) is 3.38. The van der Waals surface area contributed by atoms with Crippen LogP contribution in [0.3, 0.4) is 0 Å². The van der Waals surface area contributed by atoms with Gasteiger partial charge in [0.15, 0.2) is 5.16 Å². The number of aromatic nitrogens is 4. The van der Waals surface area contributed by atoms with Crippen molar-refractivity contribution in [3.63, 3.8) is 0 Å². The molecular formula is C24H17ClN4O2S. The van der Waals surface area contributed by atoms with E-state index in [0.29, 0.717) is 38.6 Å². The van der Waals surface area contributed by atoms with Crippen LogP contribution in [-0.2, 0) is 5.75 Å². The highest BCUT2D eigenvalue weighted by Crippen LogP contribution is 2.27. The number of fused-ring (bicyclic) bond motifs is 1. The van der Waals surface area contributed by atoms with E-state index < -0.39 is 0 Å². The van der Waals surface area contributed by atoms with Gasteiger partial charge in [-0.05, 0) is 55.0 Å². The second kappa shape index (κ2) is 8.61. The number of aryl methyl sites for hydroxylation is 1. The van der Waals surface area contributed by atoms with Crippen molar-refractivity contribution >= 4 is 34.3 Å². The topological polar surface area (TPSA) is 73.8 Å². The molecule has 0 radical (unpaired) electrons. The quantitative estimate of drug-likeness (QED) is 0.248. The van der Waals surface area contributed by atoms with E-state index in [2.05, 4.69) is 10.2 Å². The SMILES string of the molecule is Cc1ccccc1-n1c(SCc2nnc(-c3ccc(Cl)cc3)o2)nc2ccccc2c1=O. The molecule has 5 rings (SSSR count). The summed E-state index contributed by atoms with van der Waals surface area (Å²) in [5.74, 6) is 1.23. The minimum absolute atomic E-state index is 0.111. The molecule has 0 bridgehead atoms. The van der Waals surface area contributed by atoms with Gasteiger partial charge >= 0.3 is 0 Å². The molecule has 0 saturated heterocycles. The lowest BCUT2D eigenvalue weighted by Gasteiger charge is -2.14. The number of hydrogen-bond acceptors (Lipinski definition) is 6. The van der Waals surface area contributed by atoms with Crippen LogP contribution in [0.4, 0.5) is 0 Å². The number of rotatable bonds is 5. The maximum Gasteiger partial charge on any atom is 0.266 e. The van der Waals surface area contributed by atoms with Crippen LogP contribution < -0.4 is 5.56 Å². The van der Waals surface area contributed by atoms with Crippen LogP contribution in [0.2, 0.25) is 5.02 Å². The smallest absolute Gasteiger partial charge is 0.266 e. The molecule has 0 atom stereocenters. The van der Waals surface area contributed by atoms with Crippen LogP contribution in [0.1, 0.15) is 11.5 Å². The Hall–Kier alpha value is -3.42. The largest absolute Gasteiger partial charge is 0.420 e. The molecule has 6 nitrogen and oxygen atoms in total. The Morgan fingerprint density at radius 3 is 2.53 bits per heavy atom. The zero-order chi connectivity index (χ0) is 22.1. The van der Waals surface area contributed by atoms with Crippen LogP contribution in [0.25, 0.3) is 28.0 Å². The summed E-state index contributed by atoms with van der Waals surface area (Å²) < 4.78 is 7.47. The maximum absolute atomic E-state index is 13.4. The van der Waals surface area contributed by atoms with Gasteiger partial charge in [0, 0.05) is 10.6 Å². The molecule has 2 heterocycles. The summed E-state index contributed by atoms with van der Waals surface area (Å²) in [7, 11) is 0. The summed E-state index contributed by atoms with van der Waals surface area (Å²) in [5, 5.41) is 10.1. The molecule has 0 aliphatic rings. The van der Waals surface area contributed by atoms with E-state index in [9.17, 15) is 4.79 Å². The van der Waals surface area contributed by atoms with Gasteiger partial charge in [-0.15, -0.1) is 10.2 Å². The lowest BCUT2D eigenvalue weighted by Crippen LogP contribution is -2.22. The standard InChI is InChI=1S/C24H17ClN4O2S/c1-15-6-2-5-9-20(15)29-23(30)18-7-3-4-8-19(18)26-24(29)32-14-21-27-28-22(31-21)16-10-12-17(25)13-11-16/h2-13H,14H2,1H3. The molecule has 0 amide bonds. The monoisotopic (exact) mass is 460 g/mol. The number of benzene rings is 3. The van der Waals surface area contributed by atoms with Crippen molar-refractivity contribution in [1.82, 2.24) is 19.7 Å².